The fraction of sp³-hybridized carbons (Fsp3) is 0.320. The van der Waals surface area contributed by atoms with E-state index in [0.29, 0.717) is 17.8 Å². The molecule has 1 aliphatic rings. The number of amides is 1. The zero-order valence-electron chi connectivity index (χ0n) is 18.9. The molecule has 0 bridgehead atoms. The fourth-order valence-electron chi connectivity index (χ4n) is 4.13. The van der Waals surface area contributed by atoms with E-state index in [0.717, 1.165) is 24.2 Å². The third-order valence-electron chi connectivity index (χ3n) is 6.06. The number of benzene rings is 2. The van der Waals surface area contributed by atoms with Gasteiger partial charge < -0.3 is 5.32 Å². The third kappa shape index (κ3) is 5.46. The maximum Gasteiger partial charge on any atom is 0.261 e. The van der Waals surface area contributed by atoms with Gasteiger partial charge in [0.2, 0.25) is 0 Å². The van der Waals surface area contributed by atoms with Crippen molar-refractivity contribution in [3.8, 4) is 0 Å². The molecule has 2 heterocycles. The lowest BCUT2D eigenvalue weighted by atomic mass is 10.1. The van der Waals surface area contributed by atoms with Crippen LogP contribution in [0.15, 0.2) is 64.9 Å². The molecule has 3 aromatic rings. The molecule has 8 heteroatoms. The molecule has 1 atom stereocenters. The first-order valence-electron chi connectivity index (χ1n) is 11.1. The minimum Gasteiger partial charge on any atom is -0.350 e. The molecule has 1 aromatic heterocycles. The minimum atomic E-state index is -3.82. The number of carbonyl (C=O) groups excluding carboxylic acids is 1. The highest BCUT2D eigenvalue weighted by molar-refractivity contribution is 7.92. The lowest BCUT2D eigenvalue weighted by Crippen LogP contribution is -2.36. The molecule has 1 amide bonds. The van der Waals surface area contributed by atoms with Crippen molar-refractivity contribution in [3.63, 3.8) is 0 Å². The van der Waals surface area contributed by atoms with Crippen LogP contribution in [0.4, 0.5) is 5.69 Å². The first-order valence-corrected chi connectivity index (χ1v) is 13.5. The molecule has 6 nitrogen and oxygen atoms in total. The molecule has 1 unspecified atom stereocenters. The highest BCUT2D eigenvalue weighted by Gasteiger charge is 2.25. The lowest BCUT2D eigenvalue weighted by Gasteiger charge is -2.27. The summed E-state index contributed by atoms with van der Waals surface area (Å²) < 4.78 is 28.6. The van der Waals surface area contributed by atoms with E-state index in [1.54, 1.807) is 29.5 Å². The number of hydrogen-bond donors (Lipinski definition) is 2. The Labute approximate surface area is 199 Å². The van der Waals surface area contributed by atoms with Crippen LogP contribution in [0.25, 0.3) is 0 Å². The summed E-state index contributed by atoms with van der Waals surface area (Å²) in [7, 11) is -3.82. The van der Waals surface area contributed by atoms with Crippen LogP contribution in [0.2, 0.25) is 0 Å². The molecule has 4 rings (SSSR count). The zero-order valence-corrected chi connectivity index (χ0v) is 20.5. The number of sulfonamides is 1. The highest BCUT2D eigenvalue weighted by atomic mass is 32.2. The number of aryl methyl sites for hydroxylation is 2. The molecule has 174 valence electrons. The van der Waals surface area contributed by atoms with Crippen molar-refractivity contribution >= 4 is 33.0 Å². The van der Waals surface area contributed by atoms with Crippen molar-refractivity contribution < 1.29 is 13.2 Å². The number of rotatable bonds is 8. The Kier molecular flexibility index (Phi) is 7.17. The van der Waals surface area contributed by atoms with E-state index >= 15 is 0 Å². The van der Waals surface area contributed by atoms with Crippen molar-refractivity contribution in [2.24, 2.45) is 0 Å². The Morgan fingerprint density at radius 1 is 1.03 bits per heavy atom. The molecule has 0 spiro atoms. The van der Waals surface area contributed by atoms with E-state index in [9.17, 15) is 13.2 Å². The monoisotopic (exact) mass is 483 g/mol. The molecule has 2 N–H and O–H groups in total. The summed E-state index contributed by atoms with van der Waals surface area (Å²) in [6.45, 7) is 6.19. The summed E-state index contributed by atoms with van der Waals surface area (Å²) in [6.07, 6.45) is 2.34. The van der Waals surface area contributed by atoms with Crippen LogP contribution in [0.1, 0.15) is 45.2 Å². The van der Waals surface area contributed by atoms with Gasteiger partial charge in [-0.25, -0.2) is 8.42 Å². The zero-order chi connectivity index (χ0) is 23.4. The Morgan fingerprint density at radius 2 is 1.79 bits per heavy atom. The van der Waals surface area contributed by atoms with E-state index in [1.165, 1.54) is 29.9 Å². The van der Waals surface area contributed by atoms with E-state index < -0.39 is 10.0 Å². The molecule has 2 aromatic carbocycles. The maximum atomic E-state index is 13.1. The topological polar surface area (TPSA) is 78.5 Å². The lowest BCUT2D eigenvalue weighted by molar-refractivity contribution is 0.0937. The summed E-state index contributed by atoms with van der Waals surface area (Å²) in [4.78, 5) is 16.8. The number of anilines is 1. The molecule has 0 radical (unpaired) electrons. The minimum absolute atomic E-state index is 0.0656. The Hall–Kier alpha value is -2.68. The number of para-hydroxylation sites is 1. The predicted molar refractivity (Wildman–Crippen MR) is 133 cm³/mol. The largest absolute Gasteiger partial charge is 0.350 e. The first-order chi connectivity index (χ1) is 15.8. The molecule has 1 fully saturated rings. The molecule has 1 saturated heterocycles. The van der Waals surface area contributed by atoms with Gasteiger partial charge in [0.1, 0.15) is 0 Å². The summed E-state index contributed by atoms with van der Waals surface area (Å²) in [6, 6.07) is 16.1. The number of hydrogen-bond acceptors (Lipinski definition) is 5. The van der Waals surface area contributed by atoms with E-state index in [1.807, 2.05) is 32.0 Å². The van der Waals surface area contributed by atoms with Crippen molar-refractivity contribution in [2.45, 2.75) is 37.6 Å². The van der Waals surface area contributed by atoms with Crippen molar-refractivity contribution in [2.75, 3.05) is 24.4 Å². The van der Waals surface area contributed by atoms with Crippen molar-refractivity contribution in [1.82, 2.24) is 10.2 Å². The second-order valence-corrected chi connectivity index (χ2v) is 11.0. The van der Waals surface area contributed by atoms with Gasteiger partial charge in [0.15, 0.2) is 0 Å². The second-order valence-electron chi connectivity index (χ2n) is 8.38. The van der Waals surface area contributed by atoms with Crippen LogP contribution in [-0.4, -0.2) is 38.9 Å². The smallest absolute Gasteiger partial charge is 0.261 e. The van der Waals surface area contributed by atoms with Gasteiger partial charge in [-0.15, -0.1) is 11.3 Å². The first kappa shape index (κ1) is 23.5. The van der Waals surface area contributed by atoms with Gasteiger partial charge in [-0.3, -0.25) is 14.4 Å². The molecular weight excluding hydrogens is 454 g/mol. The van der Waals surface area contributed by atoms with Gasteiger partial charge in [0.05, 0.1) is 16.6 Å². The molecular formula is C25H29N3O3S2. The number of nitrogens with one attached hydrogen (secondary N) is 2. The summed E-state index contributed by atoms with van der Waals surface area (Å²) in [5.41, 5.74) is 2.45. The van der Waals surface area contributed by atoms with Crippen LogP contribution in [0.3, 0.4) is 0 Å². The Morgan fingerprint density at radius 3 is 2.48 bits per heavy atom. The maximum absolute atomic E-state index is 13.1. The third-order valence-corrected chi connectivity index (χ3v) is 8.40. The van der Waals surface area contributed by atoms with Crippen molar-refractivity contribution in [1.29, 1.82) is 0 Å². The SMILES string of the molecule is Cc1ccccc1NS(=O)(=O)c1ccc(C)c(C(=O)NCC(c2cccs2)N2CCCC2)c1. The van der Waals surface area contributed by atoms with Crippen LogP contribution in [0, 0.1) is 13.8 Å². The van der Waals surface area contributed by atoms with Crippen molar-refractivity contribution in [3.05, 3.63) is 81.5 Å². The summed E-state index contributed by atoms with van der Waals surface area (Å²) >= 11 is 1.70. The van der Waals surface area contributed by atoms with Gasteiger partial charge in [0.25, 0.3) is 15.9 Å². The van der Waals surface area contributed by atoms with Gasteiger partial charge in [0, 0.05) is 17.0 Å². The predicted octanol–water partition coefficient (Wildman–Crippen LogP) is 4.73. The van der Waals surface area contributed by atoms with Gasteiger partial charge in [-0.05, 0) is 80.6 Å². The standard InChI is InChI=1S/C25H29N3O3S2/c1-18-11-12-20(33(30,31)27-22-9-4-3-8-19(22)2)16-21(18)25(29)26-17-23(24-10-7-15-32-24)28-13-5-6-14-28/h3-4,7-12,15-16,23,27H,5-6,13-14,17H2,1-2H3,(H,26,29). The van der Waals surface area contributed by atoms with Gasteiger partial charge >= 0.3 is 0 Å². The molecule has 0 aliphatic carbocycles. The van der Waals surface area contributed by atoms with Gasteiger partial charge in [-0.1, -0.05) is 30.3 Å². The highest BCUT2D eigenvalue weighted by Crippen LogP contribution is 2.28. The van der Waals surface area contributed by atoms with Crippen LogP contribution >= 0.6 is 11.3 Å². The summed E-state index contributed by atoms with van der Waals surface area (Å²) in [5.74, 6) is -0.263. The second kappa shape index (κ2) is 10.1. The fourth-order valence-corrected chi connectivity index (χ4v) is 6.15. The Bertz CT molecular complexity index is 1220. The van der Waals surface area contributed by atoms with Crippen LogP contribution in [-0.2, 0) is 10.0 Å². The van der Waals surface area contributed by atoms with E-state index in [-0.39, 0.29) is 16.8 Å². The number of likely N-dealkylation sites (tertiary alicyclic amines) is 1. The summed E-state index contributed by atoms with van der Waals surface area (Å²) in [5, 5.41) is 5.11. The average molecular weight is 484 g/mol. The quantitative estimate of drug-likeness (QED) is 0.485. The Balaban J connectivity index is 1.52. The number of nitrogens with zero attached hydrogens (tertiary/aromatic N) is 1. The van der Waals surface area contributed by atoms with Crippen LogP contribution < -0.4 is 10.0 Å². The van der Waals surface area contributed by atoms with E-state index in [2.05, 4.69) is 26.4 Å². The molecule has 0 saturated carbocycles. The number of thiophene rings is 1. The normalized spacial score (nSPS) is 15.3. The van der Waals surface area contributed by atoms with Gasteiger partial charge in [-0.2, -0.15) is 0 Å². The molecule has 1 aliphatic heterocycles. The molecule has 33 heavy (non-hydrogen) atoms. The average Bonchev–Trinajstić information content (AvgIpc) is 3.50. The van der Waals surface area contributed by atoms with E-state index in [4.69, 9.17) is 0 Å². The number of carbonyl (C=O) groups is 1. The van der Waals surface area contributed by atoms with Crippen LogP contribution in [0.5, 0.6) is 0 Å².